The normalized spacial score (nSPS) is 18.5. The van der Waals surface area contributed by atoms with Crippen LogP contribution in [0.1, 0.15) is 74.3 Å². The van der Waals surface area contributed by atoms with E-state index in [9.17, 15) is 18.4 Å². The average molecular weight is 384 g/mol. The highest BCUT2D eigenvalue weighted by atomic mass is 19.1. The van der Waals surface area contributed by atoms with E-state index in [4.69, 9.17) is 0 Å². The van der Waals surface area contributed by atoms with Crippen molar-refractivity contribution in [2.75, 3.05) is 0 Å². The number of carbonyl (C=O) groups excluding carboxylic acids is 2. The fourth-order valence-electron chi connectivity index (χ4n) is 4.07. The highest BCUT2D eigenvalue weighted by Crippen LogP contribution is 2.32. The van der Waals surface area contributed by atoms with E-state index in [1.54, 1.807) is 6.07 Å². The molecule has 2 aliphatic rings. The summed E-state index contributed by atoms with van der Waals surface area (Å²) >= 11 is 0. The Morgan fingerprint density at radius 1 is 0.643 bits per heavy atom. The second-order valence-corrected chi connectivity index (χ2v) is 7.70. The van der Waals surface area contributed by atoms with Crippen LogP contribution in [0.5, 0.6) is 0 Å². The molecular formula is C24H26F2O2. The second kappa shape index (κ2) is 9.72. The van der Waals surface area contributed by atoms with Crippen molar-refractivity contribution in [1.29, 1.82) is 0 Å². The van der Waals surface area contributed by atoms with Gasteiger partial charge in [0.1, 0.15) is 23.2 Å². The second-order valence-electron chi connectivity index (χ2n) is 7.70. The van der Waals surface area contributed by atoms with Gasteiger partial charge in [-0.2, -0.15) is 0 Å². The van der Waals surface area contributed by atoms with Crippen molar-refractivity contribution in [2.24, 2.45) is 0 Å². The van der Waals surface area contributed by atoms with Crippen LogP contribution in [-0.2, 0) is 9.59 Å². The predicted octanol–water partition coefficient (Wildman–Crippen LogP) is 6.10. The molecule has 4 heteroatoms. The van der Waals surface area contributed by atoms with Gasteiger partial charge in [-0.25, -0.2) is 8.78 Å². The van der Waals surface area contributed by atoms with Gasteiger partial charge in [0, 0.05) is 25.7 Å². The summed E-state index contributed by atoms with van der Waals surface area (Å²) in [5, 5.41) is 0. The summed E-state index contributed by atoms with van der Waals surface area (Å²) in [6.07, 6.45) is 6.04. The van der Waals surface area contributed by atoms with Crippen molar-refractivity contribution < 1.29 is 18.4 Å². The van der Waals surface area contributed by atoms with Crippen molar-refractivity contribution in [1.82, 2.24) is 0 Å². The Morgan fingerprint density at radius 3 is 1.68 bits per heavy atom. The molecule has 0 bridgehead atoms. The van der Waals surface area contributed by atoms with Crippen molar-refractivity contribution in [3.63, 3.8) is 0 Å². The zero-order chi connectivity index (χ0) is 19.9. The van der Waals surface area contributed by atoms with Gasteiger partial charge in [0.25, 0.3) is 0 Å². The molecule has 0 amide bonds. The number of Topliss-reactive ketones (excluding diaryl/α,β-unsaturated/α-hetero) is 2. The SMILES string of the molecule is O=C1CCC(c2ccc(F)cc2)CC1.O=C1CCC(c2ccccc2F)CC1. The number of rotatable bonds is 2. The van der Waals surface area contributed by atoms with E-state index in [2.05, 4.69) is 0 Å². The Labute approximate surface area is 165 Å². The van der Waals surface area contributed by atoms with Gasteiger partial charge < -0.3 is 0 Å². The van der Waals surface area contributed by atoms with Crippen LogP contribution >= 0.6 is 0 Å². The lowest BCUT2D eigenvalue weighted by Crippen LogP contribution is -2.13. The van der Waals surface area contributed by atoms with Crippen molar-refractivity contribution >= 4 is 11.6 Å². The standard InChI is InChI=1S/2C12H13FO/c13-11-5-1-9(2-6-11)10-3-7-12(14)8-4-10;13-12-4-2-1-3-11(12)9-5-7-10(14)8-6-9/h1-2,5-6,10H,3-4,7-8H2;1-4,9H,5-8H2. The molecule has 0 unspecified atom stereocenters. The molecule has 0 N–H and O–H groups in total. The number of carbonyl (C=O) groups is 2. The first-order chi connectivity index (χ1) is 13.5. The van der Waals surface area contributed by atoms with Crippen molar-refractivity contribution in [2.45, 2.75) is 63.2 Å². The van der Waals surface area contributed by atoms with Crippen LogP contribution < -0.4 is 0 Å². The fraction of sp³-hybridized carbons (Fsp3) is 0.417. The fourth-order valence-corrected chi connectivity index (χ4v) is 4.07. The maximum absolute atomic E-state index is 13.4. The summed E-state index contributed by atoms with van der Waals surface area (Å²) in [5.41, 5.74) is 1.94. The number of benzene rings is 2. The molecule has 2 aromatic carbocycles. The minimum atomic E-state index is -0.194. The van der Waals surface area contributed by atoms with Crippen molar-refractivity contribution in [3.8, 4) is 0 Å². The lowest BCUT2D eigenvalue weighted by Gasteiger charge is -2.21. The largest absolute Gasteiger partial charge is 0.300 e. The van der Waals surface area contributed by atoms with E-state index in [1.165, 1.54) is 23.8 Å². The Morgan fingerprint density at radius 2 is 1.14 bits per heavy atom. The number of hydrogen-bond donors (Lipinski definition) is 0. The molecule has 2 fully saturated rings. The molecule has 2 nitrogen and oxygen atoms in total. The summed E-state index contributed by atoms with van der Waals surface area (Å²) in [7, 11) is 0. The lowest BCUT2D eigenvalue weighted by atomic mass is 9.83. The topological polar surface area (TPSA) is 34.1 Å². The molecule has 0 atom stereocenters. The number of halogens is 2. The van der Waals surface area contributed by atoms with Gasteiger partial charge >= 0.3 is 0 Å². The third-order valence-corrected chi connectivity index (χ3v) is 5.77. The highest BCUT2D eigenvalue weighted by Gasteiger charge is 2.22. The van der Waals surface area contributed by atoms with Crippen LogP contribution in [0.3, 0.4) is 0 Å². The van der Waals surface area contributed by atoms with E-state index in [0.717, 1.165) is 31.2 Å². The molecule has 148 valence electrons. The van der Waals surface area contributed by atoms with Crippen LogP contribution in [0.15, 0.2) is 48.5 Å². The molecule has 0 aromatic heterocycles. The van der Waals surface area contributed by atoms with E-state index in [0.29, 0.717) is 43.2 Å². The van der Waals surface area contributed by atoms with Crippen LogP contribution in [0.4, 0.5) is 8.78 Å². The quantitative estimate of drug-likeness (QED) is 0.626. The summed E-state index contributed by atoms with van der Waals surface area (Å²) < 4.78 is 26.0. The summed E-state index contributed by atoms with van der Waals surface area (Å²) in [4.78, 5) is 22.1. The minimum absolute atomic E-state index is 0.133. The minimum Gasteiger partial charge on any atom is -0.300 e. The maximum atomic E-state index is 13.4. The Hall–Kier alpha value is -2.36. The van der Waals surface area contributed by atoms with Gasteiger partial charge in [-0.05, 0) is 66.8 Å². The van der Waals surface area contributed by atoms with Gasteiger partial charge in [0.2, 0.25) is 0 Å². The molecule has 0 heterocycles. The molecule has 2 aromatic rings. The van der Waals surface area contributed by atoms with Crippen LogP contribution in [0.2, 0.25) is 0 Å². The van der Waals surface area contributed by atoms with Gasteiger partial charge in [0.05, 0.1) is 0 Å². The first-order valence-corrected chi connectivity index (χ1v) is 10.1. The number of ketones is 2. The van der Waals surface area contributed by atoms with Crippen LogP contribution in [0, 0.1) is 11.6 Å². The van der Waals surface area contributed by atoms with Gasteiger partial charge in [0.15, 0.2) is 0 Å². The van der Waals surface area contributed by atoms with Crippen molar-refractivity contribution in [3.05, 3.63) is 71.3 Å². The monoisotopic (exact) mass is 384 g/mol. The van der Waals surface area contributed by atoms with Gasteiger partial charge in [-0.1, -0.05) is 30.3 Å². The summed E-state index contributed by atoms with van der Waals surface area (Å²) in [6, 6.07) is 13.5. The van der Waals surface area contributed by atoms with Gasteiger partial charge in [-0.3, -0.25) is 9.59 Å². The first-order valence-electron chi connectivity index (χ1n) is 10.1. The Kier molecular flexibility index (Phi) is 7.07. The molecule has 0 saturated heterocycles. The third-order valence-electron chi connectivity index (χ3n) is 5.77. The van der Waals surface area contributed by atoms with Crippen LogP contribution in [0.25, 0.3) is 0 Å². The molecule has 0 radical (unpaired) electrons. The molecule has 2 aliphatic carbocycles. The zero-order valence-corrected chi connectivity index (χ0v) is 16.0. The zero-order valence-electron chi connectivity index (χ0n) is 16.0. The lowest BCUT2D eigenvalue weighted by molar-refractivity contribution is -0.121. The van der Waals surface area contributed by atoms with E-state index in [-0.39, 0.29) is 17.6 Å². The molecule has 28 heavy (non-hydrogen) atoms. The van der Waals surface area contributed by atoms with E-state index >= 15 is 0 Å². The molecule has 0 aliphatic heterocycles. The molecular weight excluding hydrogens is 358 g/mol. The van der Waals surface area contributed by atoms with Gasteiger partial charge in [-0.15, -0.1) is 0 Å². The first kappa shape index (κ1) is 20.4. The Balaban J connectivity index is 0.000000161. The van der Waals surface area contributed by atoms with E-state index in [1.807, 2.05) is 24.3 Å². The molecule has 4 rings (SSSR count). The molecule has 0 spiro atoms. The van der Waals surface area contributed by atoms with E-state index < -0.39 is 0 Å². The highest BCUT2D eigenvalue weighted by molar-refractivity contribution is 5.79. The smallest absolute Gasteiger partial charge is 0.132 e. The maximum Gasteiger partial charge on any atom is 0.132 e. The summed E-state index contributed by atoms with van der Waals surface area (Å²) in [6.45, 7) is 0. The summed E-state index contributed by atoms with van der Waals surface area (Å²) in [5.74, 6) is 1.05. The predicted molar refractivity (Wildman–Crippen MR) is 105 cm³/mol. The Bertz CT molecular complexity index is 794. The average Bonchev–Trinajstić information content (AvgIpc) is 2.71. The van der Waals surface area contributed by atoms with Crippen LogP contribution in [-0.4, -0.2) is 11.6 Å². The number of hydrogen-bond acceptors (Lipinski definition) is 2. The molecule has 2 saturated carbocycles. The third kappa shape index (κ3) is 5.57.